The second-order valence-corrected chi connectivity index (χ2v) is 5.48. The van der Waals surface area contributed by atoms with Crippen molar-refractivity contribution in [1.29, 1.82) is 0 Å². The summed E-state index contributed by atoms with van der Waals surface area (Å²) in [5.41, 5.74) is 8.96. The lowest BCUT2D eigenvalue weighted by molar-refractivity contribution is 0.0951. The molecular weight excluding hydrogens is 300 g/mol. The molecule has 0 aliphatic rings. The summed E-state index contributed by atoms with van der Waals surface area (Å²) in [5, 5.41) is 11.0. The molecule has 1 aromatic heterocycles. The number of amides is 1. The number of nitrogens with two attached hydrogens (primary N) is 1. The number of hydrogen-bond acceptors (Lipinski definition) is 3. The first-order valence-electron chi connectivity index (χ1n) is 6.82. The van der Waals surface area contributed by atoms with Crippen LogP contribution in [0.2, 0.25) is 5.02 Å². The molecule has 0 aliphatic heterocycles. The van der Waals surface area contributed by atoms with Crippen molar-refractivity contribution in [2.24, 2.45) is 0 Å². The van der Waals surface area contributed by atoms with E-state index in [-0.39, 0.29) is 5.91 Å². The Morgan fingerprint density at radius 1 is 1.36 bits per heavy atom. The smallest absolute Gasteiger partial charge is 0.251 e. The molecule has 1 amide bonds. The molecule has 1 heterocycles. The zero-order valence-corrected chi connectivity index (χ0v) is 12.7. The summed E-state index contributed by atoms with van der Waals surface area (Å²) in [6.07, 6.45) is 0. The lowest BCUT2D eigenvalue weighted by Gasteiger charge is -2.09. The third-order valence-corrected chi connectivity index (χ3v) is 4.11. The van der Waals surface area contributed by atoms with Crippen LogP contribution in [-0.2, 0) is 6.54 Å². The van der Waals surface area contributed by atoms with Gasteiger partial charge < -0.3 is 11.1 Å². The third kappa shape index (κ3) is 2.63. The molecule has 5 nitrogen and oxygen atoms in total. The van der Waals surface area contributed by atoms with E-state index in [9.17, 15) is 4.79 Å². The minimum Gasteiger partial charge on any atom is -0.382 e. The quantitative estimate of drug-likeness (QED) is 0.694. The maximum atomic E-state index is 12.3. The molecule has 4 N–H and O–H groups in total. The molecule has 3 aromatic rings. The van der Waals surface area contributed by atoms with Crippen LogP contribution in [0.3, 0.4) is 0 Å². The highest BCUT2D eigenvalue weighted by Gasteiger charge is 2.10. The Balaban J connectivity index is 1.78. The van der Waals surface area contributed by atoms with Crippen molar-refractivity contribution in [3.8, 4) is 0 Å². The van der Waals surface area contributed by atoms with Gasteiger partial charge in [0.2, 0.25) is 0 Å². The van der Waals surface area contributed by atoms with Gasteiger partial charge in [-0.3, -0.25) is 9.89 Å². The highest BCUT2D eigenvalue weighted by molar-refractivity contribution is 6.32. The molecule has 22 heavy (non-hydrogen) atoms. The number of halogens is 1. The number of aromatic nitrogens is 2. The van der Waals surface area contributed by atoms with Crippen LogP contribution < -0.4 is 11.1 Å². The van der Waals surface area contributed by atoms with Gasteiger partial charge in [-0.1, -0.05) is 29.8 Å². The predicted octanol–water partition coefficient (Wildman–Crippen LogP) is 3.04. The lowest BCUT2D eigenvalue weighted by Crippen LogP contribution is -2.23. The number of carbonyl (C=O) groups is 1. The lowest BCUT2D eigenvalue weighted by atomic mass is 10.1. The molecule has 0 aliphatic carbocycles. The van der Waals surface area contributed by atoms with Crippen molar-refractivity contribution in [2.75, 3.05) is 5.73 Å². The number of nitrogens with zero attached hydrogens (tertiary/aromatic N) is 1. The fourth-order valence-corrected chi connectivity index (χ4v) is 2.49. The van der Waals surface area contributed by atoms with E-state index in [1.807, 2.05) is 25.1 Å². The van der Waals surface area contributed by atoms with Gasteiger partial charge in [-0.2, -0.15) is 5.10 Å². The number of fused-ring (bicyclic) bond motifs is 1. The van der Waals surface area contributed by atoms with Crippen LogP contribution in [0, 0.1) is 6.92 Å². The number of H-pyrrole nitrogens is 1. The number of anilines is 1. The maximum absolute atomic E-state index is 12.3. The van der Waals surface area contributed by atoms with E-state index in [0.29, 0.717) is 22.9 Å². The number of aryl methyl sites for hydroxylation is 1. The van der Waals surface area contributed by atoms with Crippen molar-refractivity contribution >= 4 is 34.2 Å². The van der Waals surface area contributed by atoms with Crippen LogP contribution in [0.5, 0.6) is 0 Å². The second-order valence-electron chi connectivity index (χ2n) is 5.10. The van der Waals surface area contributed by atoms with E-state index < -0.39 is 0 Å². The fraction of sp³-hybridized carbons (Fsp3) is 0.125. The number of nitrogens with one attached hydrogen (secondary N) is 2. The van der Waals surface area contributed by atoms with E-state index >= 15 is 0 Å². The molecule has 0 bridgehead atoms. The molecule has 0 fully saturated rings. The van der Waals surface area contributed by atoms with Gasteiger partial charge >= 0.3 is 0 Å². The van der Waals surface area contributed by atoms with Gasteiger partial charge in [0.05, 0.1) is 5.52 Å². The maximum Gasteiger partial charge on any atom is 0.251 e. The fourth-order valence-electron chi connectivity index (χ4n) is 2.30. The zero-order valence-electron chi connectivity index (χ0n) is 12.0. The molecule has 0 atom stereocenters. The largest absolute Gasteiger partial charge is 0.382 e. The van der Waals surface area contributed by atoms with Crippen molar-refractivity contribution in [3.05, 3.63) is 58.1 Å². The average Bonchev–Trinajstić information content (AvgIpc) is 2.89. The molecule has 0 unspecified atom stereocenters. The minimum atomic E-state index is -0.180. The molecule has 0 spiro atoms. The predicted molar refractivity (Wildman–Crippen MR) is 87.9 cm³/mol. The molecule has 112 valence electrons. The summed E-state index contributed by atoms with van der Waals surface area (Å²) in [6, 6.07) is 11.0. The number of benzene rings is 2. The average molecular weight is 315 g/mol. The van der Waals surface area contributed by atoms with E-state index in [1.54, 1.807) is 18.2 Å². The number of nitrogen functional groups attached to an aromatic ring is 1. The van der Waals surface area contributed by atoms with E-state index in [1.165, 1.54) is 0 Å². The van der Waals surface area contributed by atoms with Gasteiger partial charge in [0.1, 0.15) is 0 Å². The Labute approximate surface area is 132 Å². The molecule has 0 saturated carbocycles. The Bertz CT molecular complexity index is 856. The first-order chi connectivity index (χ1) is 10.6. The summed E-state index contributed by atoms with van der Waals surface area (Å²) in [6.45, 7) is 2.31. The Morgan fingerprint density at radius 3 is 3.00 bits per heavy atom. The highest BCUT2D eigenvalue weighted by Crippen LogP contribution is 2.21. The molecule has 2 aromatic carbocycles. The number of hydrogen-bond donors (Lipinski definition) is 3. The Kier molecular flexibility index (Phi) is 3.73. The molecular formula is C16H15ClN4O. The van der Waals surface area contributed by atoms with E-state index in [2.05, 4.69) is 15.5 Å². The molecule has 3 rings (SSSR count). The number of rotatable bonds is 3. The van der Waals surface area contributed by atoms with Crippen LogP contribution in [0.25, 0.3) is 10.9 Å². The molecule has 6 heteroatoms. The Hall–Kier alpha value is -2.53. The summed E-state index contributed by atoms with van der Waals surface area (Å²) in [5.74, 6) is 0.200. The van der Waals surface area contributed by atoms with E-state index in [0.717, 1.165) is 22.0 Å². The normalized spacial score (nSPS) is 10.8. The molecule has 0 radical (unpaired) electrons. The SMILES string of the molecule is Cc1cccc(CNC(=O)c2ccc3[nH]nc(N)c3c2)c1Cl. The number of carbonyl (C=O) groups excluding carboxylic acids is 1. The topological polar surface area (TPSA) is 83.8 Å². The summed E-state index contributed by atoms with van der Waals surface area (Å²) in [4.78, 5) is 12.3. The summed E-state index contributed by atoms with van der Waals surface area (Å²) >= 11 is 6.23. The van der Waals surface area contributed by atoms with Gasteiger partial charge in [0.25, 0.3) is 5.91 Å². The van der Waals surface area contributed by atoms with Crippen LogP contribution in [0.4, 0.5) is 5.82 Å². The first kappa shape index (κ1) is 14.4. The Morgan fingerprint density at radius 2 is 2.18 bits per heavy atom. The van der Waals surface area contributed by atoms with E-state index in [4.69, 9.17) is 17.3 Å². The van der Waals surface area contributed by atoms with Gasteiger partial charge in [0, 0.05) is 22.5 Å². The second kappa shape index (κ2) is 5.69. The number of aromatic amines is 1. The monoisotopic (exact) mass is 314 g/mol. The highest BCUT2D eigenvalue weighted by atomic mass is 35.5. The van der Waals surface area contributed by atoms with Crippen LogP contribution in [-0.4, -0.2) is 16.1 Å². The van der Waals surface area contributed by atoms with Crippen molar-refractivity contribution < 1.29 is 4.79 Å². The minimum absolute atomic E-state index is 0.180. The van der Waals surface area contributed by atoms with Crippen LogP contribution in [0.15, 0.2) is 36.4 Å². The van der Waals surface area contributed by atoms with Gasteiger partial charge in [-0.25, -0.2) is 0 Å². The van der Waals surface area contributed by atoms with Crippen LogP contribution >= 0.6 is 11.6 Å². The van der Waals surface area contributed by atoms with Crippen molar-refractivity contribution in [2.45, 2.75) is 13.5 Å². The van der Waals surface area contributed by atoms with Crippen molar-refractivity contribution in [1.82, 2.24) is 15.5 Å². The van der Waals surface area contributed by atoms with Crippen LogP contribution in [0.1, 0.15) is 21.5 Å². The van der Waals surface area contributed by atoms with Gasteiger partial charge in [0.15, 0.2) is 5.82 Å². The zero-order chi connectivity index (χ0) is 15.7. The summed E-state index contributed by atoms with van der Waals surface area (Å²) < 4.78 is 0. The van der Waals surface area contributed by atoms with Crippen molar-refractivity contribution in [3.63, 3.8) is 0 Å². The van der Waals surface area contributed by atoms with Gasteiger partial charge in [-0.05, 0) is 36.2 Å². The standard InChI is InChI=1S/C16H15ClN4O/c1-9-3-2-4-11(14(9)17)8-19-16(22)10-5-6-13-12(7-10)15(18)21-20-13/h2-7H,8H2,1H3,(H,19,22)(H3,18,20,21). The first-order valence-corrected chi connectivity index (χ1v) is 7.20. The summed E-state index contributed by atoms with van der Waals surface area (Å²) in [7, 11) is 0. The molecule has 0 saturated heterocycles. The van der Waals surface area contributed by atoms with Gasteiger partial charge in [-0.15, -0.1) is 0 Å². The third-order valence-electron chi connectivity index (χ3n) is 3.57.